The lowest BCUT2D eigenvalue weighted by Crippen LogP contribution is -2.24. The highest BCUT2D eigenvalue weighted by Gasteiger charge is 2.16. The molecule has 35 heavy (non-hydrogen) atoms. The fraction of sp³-hybridized carbons (Fsp3) is 0.222. The maximum absolute atomic E-state index is 12.7. The Hall–Kier alpha value is -4.33. The molecule has 0 radical (unpaired) electrons. The molecule has 1 N–H and O–H groups in total. The lowest BCUT2D eigenvalue weighted by atomic mass is 10.0. The number of pyridine rings is 2. The van der Waals surface area contributed by atoms with Crippen molar-refractivity contribution in [1.29, 1.82) is 0 Å². The molecular formula is C27H25N7O. The number of rotatable bonds is 5. The van der Waals surface area contributed by atoms with Crippen molar-refractivity contribution in [3.63, 3.8) is 0 Å². The molecule has 8 heteroatoms. The zero-order valence-corrected chi connectivity index (χ0v) is 19.5. The monoisotopic (exact) mass is 463 g/mol. The van der Waals surface area contributed by atoms with Crippen LogP contribution in [0.2, 0.25) is 0 Å². The first-order chi connectivity index (χ1) is 17.1. The Bertz CT molecular complexity index is 1580. The number of aryl methyl sites for hydroxylation is 1. The van der Waals surface area contributed by atoms with Crippen LogP contribution in [-0.2, 0) is 13.5 Å². The van der Waals surface area contributed by atoms with Crippen LogP contribution in [0.25, 0.3) is 33.4 Å². The summed E-state index contributed by atoms with van der Waals surface area (Å²) < 4.78 is 1.78. The summed E-state index contributed by atoms with van der Waals surface area (Å²) in [5.41, 5.74) is 6.08. The van der Waals surface area contributed by atoms with Gasteiger partial charge in [0.2, 0.25) is 5.95 Å². The van der Waals surface area contributed by atoms with Crippen molar-refractivity contribution in [3.8, 4) is 22.5 Å². The van der Waals surface area contributed by atoms with Crippen molar-refractivity contribution >= 4 is 16.9 Å². The van der Waals surface area contributed by atoms with E-state index in [0.29, 0.717) is 17.2 Å². The van der Waals surface area contributed by atoms with Gasteiger partial charge in [0.1, 0.15) is 0 Å². The molecule has 174 valence electrons. The summed E-state index contributed by atoms with van der Waals surface area (Å²) >= 11 is 0. The van der Waals surface area contributed by atoms with Gasteiger partial charge in [-0.1, -0.05) is 12.1 Å². The minimum Gasteiger partial charge on any atom is -0.342 e. The maximum atomic E-state index is 12.7. The first-order valence-corrected chi connectivity index (χ1v) is 11.8. The van der Waals surface area contributed by atoms with Crippen molar-refractivity contribution in [2.45, 2.75) is 19.3 Å². The Morgan fingerprint density at radius 3 is 2.60 bits per heavy atom. The number of benzene rings is 1. The summed E-state index contributed by atoms with van der Waals surface area (Å²) in [6.07, 6.45) is 10.3. The van der Waals surface area contributed by atoms with Crippen LogP contribution in [0.4, 0.5) is 5.95 Å². The van der Waals surface area contributed by atoms with Gasteiger partial charge in [0.15, 0.2) is 0 Å². The Morgan fingerprint density at radius 1 is 0.943 bits per heavy atom. The lowest BCUT2D eigenvalue weighted by molar-refractivity contribution is 0.768. The summed E-state index contributed by atoms with van der Waals surface area (Å²) in [6.45, 7) is 1.87. The van der Waals surface area contributed by atoms with Crippen LogP contribution in [0.3, 0.4) is 0 Å². The fourth-order valence-corrected chi connectivity index (χ4v) is 4.62. The molecule has 1 fully saturated rings. The minimum absolute atomic E-state index is 0.160. The molecule has 1 aromatic carbocycles. The largest absolute Gasteiger partial charge is 0.342 e. The highest BCUT2D eigenvalue weighted by molar-refractivity contribution is 5.82. The third kappa shape index (κ3) is 4.30. The van der Waals surface area contributed by atoms with Crippen LogP contribution in [0.5, 0.6) is 0 Å². The number of nitrogens with zero attached hydrogens (tertiary/aromatic N) is 6. The molecule has 8 nitrogen and oxygen atoms in total. The summed E-state index contributed by atoms with van der Waals surface area (Å²) in [5, 5.41) is 5.27. The number of hydrogen-bond acceptors (Lipinski definition) is 6. The molecule has 1 aliphatic rings. The Morgan fingerprint density at radius 2 is 1.80 bits per heavy atom. The molecule has 5 heterocycles. The molecule has 5 aromatic rings. The second-order valence-electron chi connectivity index (χ2n) is 9.00. The number of H-pyrrole nitrogens is 1. The quantitative estimate of drug-likeness (QED) is 0.424. The van der Waals surface area contributed by atoms with Gasteiger partial charge in [-0.05, 0) is 60.7 Å². The molecule has 0 saturated carbocycles. The van der Waals surface area contributed by atoms with Gasteiger partial charge in [0.25, 0.3) is 5.56 Å². The second kappa shape index (κ2) is 8.79. The van der Waals surface area contributed by atoms with Crippen LogP contribution in [0.15, 0.2) is 72.0 Å². The number of hydrogen-bond donors (Lipinski definition) is 1. The van der Waals surface area contributed by atoms with Gasteiger partial charge in [0, 0.05) is 49.7 Å². The van der Waals surface area contributed by atoms with Gasteiger partial charge in [0.05, 0.1) is 28.7 Å². The molecule has 1 saturated heterocycles. The summed E-state index contributed by atoms with van der Waals surface area (Å²) in [6, 6.07) is 14.3. The number of nitrogens with one attached hydrogen (secondary N) is 1. The Labute approximate surface area is 202 Å². The predicted molar refractivity (Wildman–Crippen MR) is 136 cm³/mol. The summed E-state index contributed by atoms with van der Waals surface area (Å²) in [4.78, 5) is 31.5. The summed E-state index contributed by atoms with van der Waals surface area (Å²) in [7, 11) is 1.90. The van der Waals surface area contributed by atoms with Gasteiger partial charge < -0.3 is 4.90 Å². The van der Waals surface area contributed by atoms with Gasteiger partial charge in [-0.25, -0.2) is 9.97 Å². The van der Waals surface area contributed by atoms with E-state index in [1.54, 1.807) is 10.9 Å². The van der Waals surface area contributed by atoms with Crippen LogP contribution >= 0.6 is 0 Å². The fourth-order valence-electron chi connectivity index (χ4n) is 4.62. The normalized spacial score (nSPS) is 13.6. The summed E-state index contributed by atoms with van der Waals surface area (Å²) in [5.74, 6) is 0.643. The molecule has 0 amide bonds. The van der Waals surface area contributed by atoms with Crippen molar-refractivity contribution < 1.29 is 0 Å². The Kier molecular flexibility index (Phi) is 5.33. The highest BCUT2D eigenvalue weighted by Crippen LogP contribution is 2.23. The first kappa shape index (κ1) is 21.2. The molecule has 0 unspecified atom stereocenters. The topological polar surface area (TPSA) is 92.6 Å². The van der Waals surface area contributed by atoms with E-state index in [1.807, 2.05) is 49.9 Å². The molecule has 0 spiro atoms. The highest BCUT2D eigenvalue weighted by atomic mass is 16.1. The van der Waals surface area contributed by atoms with Crippen molar-refractivity contribution in [2.75, 3.05) is 18.0 Å². The van der Waals surface area contributed by atoms with Crippen LogP contribution in [0, 0.1) is 0 Å². The number of anilines is 1. The van der Waals surface area contributed by atoms with E-state index in [1.165, 1.54) is 11.1 Å². The van der Waals surface area contributed by atoms with Gasteiger partial charge in [-0.2, -0.15) is 5.10 Å². The molecule has 4 aromatic heterocycles. The molecule has 0 atom stereocenters. The van der Waals surface area contributed by atoms with E-state index >= 15 is 0 Å². The smallest absolute Gasteiger partial charge is 0.261 e. The molecule has 6 rings (SSSR count). The standard InChI is InChI=1S/C27H25N7O/c1-33-17-21(15-30-33)25-14-19(8-9-28-25)12-18-4-6-23-20(13-18)5-7-24(31-23)22-16-29-27(32-26(22)35)34-10-2-3-11-34/h4-9,13-17H,2-3,10-12H2,1H3,(H,29,32,35). The van der Waals surface area contributed by atoms with Crippen molar-refractivity contribution in [3.05, 3.63) is 88.7 Å². The molecular weight excluding hydrogens is 438 g/mol. The van der Waals surface area contributed by atoms with E-state index in [9.17, 15) is 4.79 Å². The van der Waals surface area contributed by atoms with Crippen molar-refractivity contribution in [2.24, 2.45) is 7.05 Å². The maximum Gasteiger partial charge on any atom is 0.261 e. The Balaban J connectivity index is 1.25. The minimum atomic E-state index is -0.160. The van der Waals surface area contributed by atoms with E-state index in [4.69, 9.17) is 4.98 Å². The van der Waals surface area contributed by atoms with E-state index in [0.717, 1.165) is 54.5 Å². The van der Waals surface area contributed by atoms with Gasteiger partial charge in [-0.3, -0.25) is 19.4 Å². The zero-order valence-electron chi connectivity index (χ0n) is 19.5. The van der Waals surface area contributed by atoms with Crippen LogP contribution < -0.4 is 10.5 Å². The SMILES string of the molecule is Cn1cc(-c2cc(Cc3ccc4nc(-c5cnc(N6CCCC6)[nH]c5=O)ccc4c3)ccn2)cn1. The van der Waals surface area contributed by atoms with E-state index < -0.39 is 0 Å². The van der Waals surface area contributed by atoms with E-state index in [-0.39, 0.29) is 5.56 Å². The zero-order chi connectivity index (χ0) is 23.8. The molecule has 0 bridgehead atoms. The van der Waals surface area contributed by atoms with Gasteiger partial charge in [-0.15, -0.1) is 0 Å². The molecule has 0 aliphatic carbocycles. The number of aromatic amines is 1. The van der Waals surface area contributed by atoms with Gasteiger partial charge >= 0.3 is 0 Å². The second-order valence-corrected chi connectivity index (χ2v) is 9.00. The predicted octanol–water partition coefficient (Wildman–Crippen LogP) is 3.97. The number of aromatic nitrogens is 6. The third-order valence-electron chi connectivity index (χ3n) is 6.45. The average molecular weight is 464 g/mol. The first-order valence-electron chi connectivity index (χ1n) is 11.8. The number of fused-ring (bicyclic) bond motifs is 1. The van der Waals surface area contributed by atoms with Crippen LogP contribution in [0.1, 0.15) is 24.0 Å². The average Bonchev–Trinajstić information content (AvgIpc) is 3.56. The van der Waals surface area contributed by atoms with Crippen LogP contribution in [-0.4, -0.2) is 42.8 Å². The van der Waals surface area contributed by atoms with Crippen molar-refractivity contribution in [1.82, 2.24) is 29.7 Å². The van der Waals surface area contributed by atoms with E-state index in [2.05, 4.69) is 43.1 Å². The molecule has 1 aliphatic heterocycles. The third-order valence-corrected chi connectivity index (χ3v) is 6.45. The lowest BCUT2D eigenvalue weighted by Gasteiger charge is -2.15.